The maximum atomic E-state index is 12.0. The van der Waals surface area contributed by atoms with Gasteiger partial charge < -0.3 is 25.4 Å². The third-order valence-corrected chi connectivity index (χ3v) is 6.35. The molecule has 1 aliphatic heterocycles. The first-order valence-corrected chi connectivity index (χ1v) is 12.1. The summed E-state index contributed by atoms with van der Waals surface area (Å²) in [6.07, 6.45) is -0.938. The second-order valence-electron chi connectivity index (χ2n) is 8.00. The largest absolute Gasteiger partial charge is 0.463 e. The van der Waals surface area contributed by atoms with E-state index in [-0.39, 0.29) is 38.6 Å². The van der Waals surface area contributed by atoms with E-state index in [4.69, 9.17) is 19.4 Å². The van der Waals surface area contributed by atoms with Crippen LogP contribution in [0.1, 0.15) is 47.0 Å². The van der Waals surface area contributed by atoms with Crippen LogP contribution < -0.4 is 10.5 Å². The molecule has 0 saturated carbocycles. The molecule has 186 valence electrons. The molecule has 12 heteroatoms. The van der Waals surface area contributed by atoms with Crippen molar-refractivity contribution in [3.05, 3.63) is 11.6 Å². The highest BCUT2D eigenvalue weighted by Crippen LogP contribution is 2.26. The van der Waals surface area contributed by atoms with Crippen molar-refractivity contribution in [1.82, 2.24) is 4.72 Å². The molecule has 0 aromatic rings. The summed E-state index contributed by atoms with van der Waals surface area (Å²) in [4.78, 5) is 23.4. The molecule has 0 spiro atoms. The molecule has 0 bridgehead atoms. The van der Waals surface area contributed by atoms with Gasteiger partial charge in [0.25, 0.3) is 5.91 Å². The summed E-state index contributed by atoms with van der Waals surface area (Å²) in [7, 11) is -4.36. The standard InChI is InChI=1S/C20H36N2O9S/c1-5-13(4)17(21)20(26)22-32(27,28)31-8-7-14-11-30-15(19(25)18(14)24)9-12(3)10-16(23)29-6-2/h10,13-15,17-19,24-25H,5-9,11,21H2,1-4H3,(H,22,26)/b12-10+/t13-,14-,15-,17-,18+,19-/m0/s1. The van der Waals surface area contributed by atoms with Crippen LogP contribution in [0.4, 0.5) is 0 Å². The molecule has 1 saturated heterocycles. The number of nitrogens with one attached hydrogen (secondary N) is 1. The van der Waals surface area contributed by atoms with Gasteiger partial charge in [0.1, 0.15) is 6.10 Å². The molecule has 0 aliphatic carbocycles. The van der Waals surface area contributed by atoms with Crippen molar-refractivity contribution in [3.63, 3.8) is 0 Å². The van der Waals surface area contributed by atoms with Crippen molar-refractivity contribution in [2.75, 3.05) is 19.8 Å². The second kappa shape index (κ2) is 13.2. The fraction of sp³-hybridized carbons (Fsp3) is 0.800. The number of amides is 1. The molecular formula is C20H36N2O9S. The van der Waals surface area contributed by atoms with Crippen molar-refractivity contribution < 1.29 is 41.9 Å². The van der Waals surface area contributed by atoms with Gasteiger partial charge >= 0.3 is 16.3 Å². The number of carbonyl (C=O) groups excluding carboxylic acids is 2. The summed E-state index contributed by atoms with van der Waals surface area (Å²) in [6, 6.07) is -0.986. The third kappa shape index (κ3) is 9.12. The molecule has 0 radical (unpaired) electrons. The molecule has 11 nitrogen and oxygen atoms in total. The van der Waals surface area contributed by atoms with Gasteiger partial charge in [0.15, 0.2) is 0 Å². The number of aliphatic hydroxyl groups excluding tert-OH is 2. The van der Waals surface area contributed by atoms with Crippen molar-refractivity contribution in [1.29, 1.82) is 0 Å². The van der Waals surface area contributed by atoms with E-state index in [1.807, 2.05) is 6.92 Å². The number of esters is 1. The monoisotopic (exact) mass is 480 g/mol. The van der Waals surface area contributed by atoms with Crippen LogP contribution in [-0.4, -0.2) is 74.7 Å². The molecule has 1 rings (SSSR count). The van der Waals surface area contributed by atoms with E-state index in [0.29, 0.717) is 12.0 Å². The average molecular weight is 481 g/mol. The number of carbonyl (C=O) groups is 2. The topological polar surface area (TPSA) is 174 Å². The SMILES string of the molecule is CCOC(=O)/C=C(\C)C[C@@H]1OC[C@H](CCOS(=O)(=O)NC(=O)[C@@H](N)[C@@H](C)CC)[C@@H](O)[C@H]1O. The van der Waals surface area contributed by atoms with Gasteiger partial charge in [0.2, 0.25) is 0 Å². The second-order valence-corrected chi connectivity index (χ2v) is 9.35. The highest BCUT2D eigenvalue weighted by Gasteiger charge is 2.38. The van der Waals surface area contributed by atoms with E-state index in [1.54, 1.807) is 25.5 Å². The van der Waals surface area contributed by atoms with Gasteiger partial charge in [-0.05, 0) is 32.6 Å². The van der Waals surface area contributed by atoms with Crippen LogP contribution in [0.15, 0.2) is 11.6 Å². The summed E-state index contributed by atoms with van der Waals surface area (Å²) in [5, 5.41) is 20.8. The summed E-state index contributed by atoms with van der Waals surface area (Å²) in [6.45, 7) is 6.92. The molecular weight excluding hydrogens is 444 g/mol. The maximum Gasteiger partial charge on any atom is 0.362 e. The Bertz CT molecular complexity index is 756. The Kier molecular flexibility index (Phi) is 11.8. The van der Waals surface area contributed by atoms with Crippen LogP contribution in [0.3, 0.4) is 0 Å². The van der Waals surface area contributed by atoms with Gasteiger partial charge in [-0.15, -0.1) is 0 Å². The molecule has 0 aromatic heterocycles. The Hall–Kier alpha value is -1.57. The number of aliphatic hydroxyl groups is 2. The quantitative estimate of drug-likeness (QED) is 0.216. The number of nitrogens with two attached hydrogens (primary N) is 1. The minimum Gasteiger partial charge on any atom is -0.463 e. The van der Waals surface area contributed by atoms with Crippen LogP contribution in [-0.2, 0) is 33.6 Å². The lowest BCUT2D eigenvalue weighted by Crippen LogP contribution is -2.50. The minimum absolute atomic E-state index is 0.0598. The zero-order valence-electron chi connectivity index (χ0n) is 19.0. The number of hydrogen-bond donors (Lipinski definition) is 4. The zero-order valence-corrected chi connectivity index (χ0v) is 19.8. The first-order chi connectivity index (χ1) is 14.9. The van der Waals surface area contributed by atoms with Crippen molar-refractivity contribution in [2.24, 2.45) is 17.6 Å². The van der Waals surface area contributed by atoms with Gasteiger partial charge in [0, 0.05) is 12.0 Å². The van der Waals surface area contributed by atoms with Gasteiger partial charge in [-0.2, -0.15) is 8.42 Å². The Labute approximate surface area is 189 Å². The van der Waals surface area contributed by atoms with E-state index >= 15 is 0 Å². The molecule has 1 aliphatic rings. The summed E-state index contributed by atoms with van der Waals surface area (Å²) in [5.74, 6) is -2.14. The number of rotatable bonds is 12. The van der Waals surface area contributed by atoms with E-state index in [0.717, 1.165) is 0 Å². The zero-order chi connectivity index (χ0) is 24.5. The summed E-state index contributed by atoms with van der Waals surface area (Å²) in [5.41, 5.74) is 6.33. The van der Waals surface area contributed by atoms with Gasteiger partial charge in [-0.3, -0.25) is 8.98 Å². The van der Waals surface area contributed by atoms with Crippen molar-refractivity contribution in [3.8, 4) is 0 Å². The van der Waals surface area contributed by atoms with Crippen LogP contribution >= 0.6 is 0 Å². The average Bonchev–Trinajstić information content (AvgIpc) is 2.71. The van der Waals surface area contributed by atoms with Gasteiger partial charge in [0.05, 0.1) is 38.1 Å². The van der Waals surface area contributed by atoms with Gasteiger partial charge in [-0.1, -0.05) is 25.8 Å². The van der Waals surface area contributed by atoms with Gasteiger partial charge in [-0.25, -0.2) is 9.52 Å². The van der Waals surface area contributed by atoms with Crippen LogP contribution in [0, 0.1) is 11.8 Å². The molecule has 6 atom stereocenters. The lowest BCUT2D eigenvalue weighted by molar-refractivity contribution is -0.165. The highest BCUT2D eigenvalue weighted by molar-refractivity contribution is 7.85. The van der Waals surface area contributed by atoms with Crippen molar-refractivity contribution >= 4 is 22.2 Å². The molecule has 1 amide bonds. The fourth-order valence-electron chi connectivity index (χ4n) is 3.18. The van der Waals surface area contributed by atoms with E-state index in [9.17, 15) is 28.2 Å². The predicted molar refractivity (Wildman–Crippen MR) is 115 cm³/mol. The van der Waals surface area contributed by atoms with Crippen LogP contribution in [0.5, 0.6) is 0 Å². The molecule has 5 N–H and O–H groups in total. The summed E-state index contributed by atoms with van der Waals surface area (Å²) < 4.78 is 40.9. The smallest absolute Gasteiger partial charge is 0.362 e. The Morgan fingerprint density at radius 1 is 1.28 bits per heavy atom. The fourth-order valence-corrected chi connectivity index (χ4v) is 3.94. The van der Waals surface area contributed by atoms with E-state index in [1.165, 1.54) is 6.08 Å². The molecule has 1 heterocycles. The number of ether oxygens (including phenoxy) is 2. The third-order valence-electron chi connectivity index (χ3n) is 5.42. The molecule has 0 aromatic carbocycles. The van der Waals surface area contributed by atoms with Crippen LogP contribution in [0.2, 0.25) is 0 Å². The predicted octanol–water partition coefficient (Wildman–Crippen LogP) is -0.236. The van der Waals surface area contributed by atoms with Crippen LogP contribution in [0.25, 0.3) is 0 Å². The Morgan fingerprint density at radius 3 is 2.53 bits per heavy atom. The first kappa shape index (κ1) is 28.5. The molecule has 1 fully saturated rings. The lowest BCUT2D eigenvalue weighted by Gasteiger charge is -2.37. The first-order valence-electron chi connectivity index (χ1n) is 10.7. The molecule has 0 unspecified atom stereocenters. The summed E-state index contributed by atoms with van der Waals surface area (Å²) >= 11 is 0. The Balaban J connectivity index is 2.52. The van der Waals surface area contributed by atoms with E-state index in [2.05, 4.69) is 0 Å². The molecule has 32 heavy (non-hydrogen) atoms. The highest BCUT2D eigenvalue weighted by atomic mass is 32.2. The van der Waals surface area contributed by atoms with Crippen molar-refractivity contribution in [2.45, 2.75) is 71.3 Å². The van der Waals surface area contributed by atoms with E-state index < -0.39 is 52.5 Å². The lowest BCUT2D eigenvalue weighted by atomic mass is 9.88. The minimum atomic E-state index is -4.36. The number of hydrogen-bond acceptors (Lipinski definition) is 10. The normalized spacial score (nSPS) is 26.3. The maximum absolute atomic E-state index is 12.0. The Morgan fingerprint density at radius 2 is 1.94 bits per heavy atom.